The molecule has 10 heteroatoms. The minimum absolute atomic E-state index is 0.0287. The van der Waals surface area contributed by atoms with Gasteiger partial charge in [0.15, 0.2) is 0 Å². The smallest absolute Gasteiger partial charge is 0.337 e. The second kappa shape index (κ2) is 7.81. The molecule has 8 nitrogen and oxygen atoms in total. The van der Waals surface area contributed by atoms with Crippen molar-refractivity contribution in [2.45, 2.75) is 30.7 Å². The molecule has 0 aromatic heterocycles. The fraction of sp³-hybridized carbons (Fsp3) is 0.533. The van der Waals surface area contributed by atoms with Crippen molar-refractivity contribution in [1.29, 1.82) is 0 Å². The van der Waals surface area contributed by atoms with E-state index in [1.165, 1.54) is 35.7 Å². The number of hydrogen-bond acceptors (Lipinski definition) is 6. The maximum atomic E-state index is 12.5. The summed E-state index contributed by atoms with van der Waals surface area (Å²) in [7, 11) is -5.84. The lowest BCUT2D eigenvalue weighted by molar-refractivity contribution is 0.0600. The average Bonchev–Trinajstić information content (AvgIpc) is 2.61. The minimum Gasteiger partial charge on any atom is -0.465 e. The van der Waals surface area contributed by atoms with Gasteiger partial charge >= 0.3 is 5.97 Å². The number of nitrogens with zero attached hydrogens (tertiary/aromatic N) is 1. The number of benzene rings is 1. The third-order valence-electron chi connectivity index (χ3n) is 4.10. The van der Waals surface area contributed by atoms with E-state index in [9.17, 15) is 21.6 Å². The van der Waals surface area contributed by atoms with Gasteiger partial charge in [0.05, 0.1) is 23.3 Å². The Morgan fingerprint density at radius 2 is 1.88 bits per heavy atom. The molecule has 1 heterocycles. The molecule has 1 fully saturated rings. The summed E-state index contributed by atoms with van der Waals surface area (Å²) in [6, 6.07) is 5.24. The van der Waals surface area contributed by atoms with Crippen molar-refractivity contribution in [1.82, 2.24) is 9.03 Å². The summed E-state index contributed by atoms with van der Waals surface area (Å²) in [6.45, 7) is 2.15. The van der Waals surface area contributed by atoms with Crippen molar-refractivity contribution in [2.24, 2.45) is 0 Å². The molecule has 1 saturated heterocycles. The molecule has 0 saturated carbocycles. The van der Waals surface area contributed by atoms with E-state index < -0.39 is 26.0 Å². The van der Waals surface area contributed by atoms with Gasteiger partial charge in [-0.25, -0.2) is 30.7 Å². The molecule has 0 amide bonds. The molecule has 1 aromatic carbocycles. The number of sulfonamides is 2. The number of methoxy groups -OCH3 is 1. The largest absolute Gasteiger partial charge is 0.465 e. The SMILES string of the molecule is CCS(=O)(=O)N1CCC(NS(=O)(=O)c2cccc(C(=O)OC)c2)CC1. The summed E-state index contributed by atoms with van der Waals surface area (Å²) in [6.07, 6.45) is 0.796. The predicted octanol–water partition coefficient (Wildman–Crippen LogP) is 0.566. The quantitative estimate of drug-likeness (QED) is 0.711. The molecule has 2 rings (SSSR count). The molecular weight excluding hydrogens is 368 g/mol. The number of carbonyl (C=O) groups excluding carboxylic acids is 1. The Bertz CT molecular complexity index is 827. The number of nitrogens with one attached hydrogen (secondary N) is 1. The zero-order valence-electron chi connectivity index (χ0n) is 14.1. The summed E-state index contributed by atoms with van der Waals surface area (Å²) >= 11 is 0. The van der Waals surface area contributed by atoms with Crippen molar-refractivity contribution in [2.75, 3.05) is 26.0 Å². The molecule has 25 heavy (non-hydrogen) atoms. The molecule has 140 valence electrons. The van der Waals surface area contributed by atoms with E-state index in [4.69, 9.17) is 0 Å². The van der Waals surface area contributed by atoms with Crippen molar-refractivity contribution in [3.05, 3.63) is 29.8 Å². The standard InChI is InChI=1S/C15H22N2O6S2/c1-3-24(19,20)17-9-7-13(8-10-17)16-25(21,22)14-6-4-5-12(11-14)15(18)23-2/h4-6,11,13,16H,3,7-10H2,1-2H3. The highest BCUT2D eigenvalue weighted by Gasteiger charge is 2.29. The number of hydrogen-bond donors (Lipinski definition) is 1. The second-order valence-corrected chi connectivity index (χ2v) is 9.69. The first-order valence-electron chi connectivity index (χ1n) is 7.88. The molecule has 0 aliphatic carbocycles. The van der Waals surface area contributed by atoms with Crippen LogP contribution in [0.5, 0.6) is 0 Å². The first-order valence-corrected chi connectivity index (χ1v) is 11.0. The monoisotopic (exact) mass is 390 g/mol. The van der Waals surface area contributed by atoms with Crippen LogP contribution < -0.4 is 4.72 Å². The first-order chi connectivity index (χ1) is 11.7. The Morgan fingerprint density at radius 1 is 1.24 bits per heavy atom. The van der Waals surface area contributed by atoms with Crippen LogP contribution in [0.1, 0.15) is 30.1 Å². The van der Waals surface area contributed by atoms with Crippen LogP contribution >= 0.6 is 0 Å². The highest BCUT2D eigenvalue weighted by Crippen LogP contribution is 2.18. The van der Waals surface area contributed by atoms with E-state index in [1.54, 1.807) is 6.92 Å². The van der Waals surface area contributed by atoms with Crippen LogP contribution in [0.4, 0.5) is 0 Å². The fourth-order valence-electron chi connectivity index (χ4n) is 2.63. The molecule has 1 aliphatic heterocycles. The van der Waals surface area contributed by atoms with Crippen LogP contribution in [-0.4, -0.2) is 59.1 Å². The van der Waals surface area contributed by atoms with Gasteiger partial charge in [-0.1, -0.05) is 6.07 Å². The molecule has 1 aromatic rings. The first kappa shape index (κ1) is 19.8. The van der Waals surface area contributed by atoms with Gasteiger partial charge in [-0.3, -0.25) is 0 Å². The predicted molar refractivity (Wildman–Crippen MR) is 92.2 cm³/mol. The molecule has 0 spiro atoms. The highest BCUT2D eigenvalue weighted by molar-refractivity contribution is 7.89. The third kappa shape index (κ3) is 4.78. The molecule has 0 bridgehead atoms. The molecule has 0 unspecified atom stereocenters. The zero-order valence-corrected chi connectivity index (χ0v) is 15.8. The van der Waals surface area contributed by atoms with Crippen molar-refractivity contribution < 1.29 is 26.4 Å². The minimum atomic E-state index is -3.81. The molecular formula is C15H22N2O6S2. The fourth-order valence-corrected chi connectivity index (χ4v) is 5.11. The van der Waals surface area contributed by atoms with Gasteiger partial charge in [-0.2, -0.15) is 0 Å². The summed E-state index contributed by atoms with van der Waals surface area (Å²) in [4.78, 5) is 11.5. The van der Waals surface area contributed by atoms with Crippen LogP contribution in [0.2, 0.25) is 0 Å². The summed E-state index contributed by atoms with van der Waals surface area (Å²) in [5.74, 6) is -0.584. The van der Waals surface area contributed by atoms with Crippen LogP contribution in [0, 0.1) is 0 Å². The third-order valence-corrected chi connectivity index (χ3v) is 7.50. The van der Waals surface area contributed by atoms with Crippen molar-refractivity contribution in [3.8, 4) is 0 Å². The number of piperidine rings is 1. The highest BCUT2D eigenvalue weighted by atomic mass is 32.2. The molecule has 1 N–H and O–H groups in total. The van der Waals surface area contributed by atoms with Crippen molar-refractivity contribution >= 4 is 26.0 Å². The van der Waals surface area contributed by atoms with E-state index in [1.807, 2.05) is 0 Å². The molecule has 1 aliphatic rings. The normalized spacial score (nSPS) is 17.4. The Labute approximate surface area is 148 Å². The van der Waals surface area contributed by atoms with E-state index in [0.717, 1.165) is 0 Å². The maximum Gasteiger partial charge on any atom is 0.337 e. The zero-order chi connectivity index (χ0) is 18.7. The number of rotatable bonds is 6. The number of ether oxygens (including phenoxy) is 1. The number of carbonyl (C=O) groups is 1. The molecule has 0 radical (unpaired) electrons. The van der Waals surface area contributed by atoms with E-state index in [2.05, 4.69) is 9.46 Å². The van der Waals surface area contributed by atoms with E-state index in [0.29, 0.717) is 12.8 Å². The van der Waals surface area contributed by atoms with Crippen LogP contribution in [0.15, 0.2) is 29.2 Å². The van der Waals surface area contributed by atoms with Crippen LogP contribution in [0.3, 0.4) is 0 Å². The Balaban J connectivity index is 2.07. The topological polar surface area (TPSA) is 110 Å². The Hall–Kier alpha value is -1.49. The van der Waals surface area contributed by atoms with Crippen LogP contribution in [0.25, 0.3) is 0 Å². The van der Waals surface area contributed by atoms with Gasteiger partial charge in [0, 0.05) is 19.1 Å². The van der Waals surface area contributed by atoms with Gasteiger partial charge in [-0.05, 0) is 38.0 Å². The van der Waals surface area contributed by atoms with Gasteiger partial charge in [0.2, 0.25) is 20.0 Å². The van der Waals surface area contributed by atoms with Crippen LogP contribution in [-0.2, 0) is 24.8 Å². The second-order valence-electron chi connectivity index (χ2n) is 5.71. The Kier molecular flexibility index (Phi) is 6.20. The van der Waals surface area contributed by atoms with Gasteiger partial charge in [0.1, 0.15) is 0 Å². The molecule has 0 atom stereocenters. The number of esters is 1. The lowest BCUT2D eigenvalue weighted by Gasteiger charge is -2.31. The van der Waals surface area contributed by atoms with E-state index in [-0.39, 0.29) is 35.3 Å². The maximum absolute atomic E-state index is 12.5. The summed E-state index contributed by atoms with van der Waals surface area (Å²) in [5, 5.41) is 0. The lowest BCUT2D eigenvalue weighted by atomic mass is 10.1. The van der Waals surface area contributed by atoms with E-state index >= 15 is 0 Å². The van der Waals surface area contributed by atoms with Crippen molar-refractivity contribution in [3.63, 3.8) is 0 Å². The lowest BCUT2D eigenvalue weighted by Crippen LogP contribution is -2.46. The Morgan fingerprint density at radius 3 is 2.44 bits per heavy atom. The summed E-state index contributed by atoms with van der Waals surface area (Å²) < 4.78 is 57.2. The van der Waals surface area contributed by atoms with Gasteiger partial charge < -0.3 is 4.74 Å². The van der Waals surface area contributed by atoms with Gasteiger partial charge in [0.25, 0.3) is 0 Å². The summed E-state index contributed by atoms with van der Waals surface area (Å²) in [5.41, 5.74) is 0.147. The average molecular weight is 390 g/mol. The van der Waals surface area contributed by atoms with Gasteiger partial charge in [-0.15, -0.1) is 0 Å².